The standard InChI is InChI=1S/C4H5NS/c6-4-2-1-3-5-4/h1-4,6H. The molecule has 0 aliphatic carbocycles. The molecule has 2 heteroatoms. The molecule has 0 saturated carbocycles. The molecule has 1 nitrogen and oxygen atoms in total. The molecule has 1 atom stereocenters. The summed E-state index contributed by atoms with van der Waals surface area (Å²) in [5.74, 6) is 0. The van der Waals surface area contributed by atoms with Gasteiger partial charge in [0.15, 0.2) is 0 Å². The quantitative estimate of drug-likeness (QED) is 0.433. The van der Waals surface area contributed by atoms with Crippen LogP contribution in [0.5, 0.6) is 0 Å². The molecule has 6 heavy (non-hydrogen) atoms. The third-order valence-corrected chi connectivity index (χ3v) is 0.914. The maximum Gasteiger partial charge on any atom is 0.111 e. The van der Waals surface area contributed by atoms with Gasteiger partial charge in [-0.1, -0.05) is 0 Å². The van der Waals surface area contributed by atoms with Gasteiger partial charge in [-0.2, -0.15) is 0 Å². The van der Waals surface area contributed by atoms with E-state index in [2.05, 4.69) is 17.6 Å². The van der Waals surface area contributed by atoms with Crippen molar-refractivity contribution in [3.63, 3.8) is 0 Å². The first-order chi connectivity index (χ1) is 2.89. The lowest BCUT2D eigenvalue weighted by atomic mass is 10.6. The normalized spacial score (nSPS) is 29.2. The van der Waals surface area contributed by atoms with Crippen LogP contribution in [0.15, 0.2) is 17.1 Å². The first kappa shape index (κ1) is 3.93. The largest absolute Gasteiger partial charge is 0.275 e. The van der Waals surface area contributed by atoms with Crippen LogP contribution in [0.2, 0.25) is 0 Å². The SMILES string of the molecule is SC1C=CC=N1. The van der Waals surface area contributed by atoms with E-state index >= 15 is 0 Å². The zero-order chi connectivity index (χ0) is 4.41. The Labute approximate surface area is 42.2 Å². The van der Waals surface area contributed by atoms with Gasteiger partial charge < -0.3 is 0 Å². The van der Waals surface area contributed by atoms with Gasteiger partial charge in [0.25, 0.3) is 0 Å². The van der Waals surface area contributed by atoms with Crippen LogP contribution in [-0.2, 0) is 0 Å². The van der Waals surface area contributed by atoms with E-state index in [1.807, 2.05) is 12.2 Å². The molecular weight excluding hydrogens is 94.1 g/mol. The van der Waals surface area contributed by atoms with E-state index in [1.165, 1.54) is 0 Å². The number of hydrogen-bond acceptors (Lipinski definition) is 2. The van der Waals surface area contributed by atoms with E-state index in [0.717, 1.165) is 0 Å². The maximum absolute atomic E-state index is 4.01. The summed E-state index contributed by atoms with van der Waals surface area (Å²) >= 11 is 4.01. The number of hydrogen-bond donors (Lipinski definition) is 1. The van der Waals surface area contributed by atoms with Crippen LogP contribution in [0, 0.1) is 0 Å². The Balaban J connectivity index is 2.60. The Bertz CT molecular complexity index is 83.7. The fourth-order valence-electron chi connectivity index (χ4n) is 0.337. The molecule has 1 heterocycles. The Morgan fingerprint density at radius 3 is 2.67 bits per heavy atom. The van der Waals surface area contributed by atoms with Crippen LogP contribution in [0.3, 0.4) is 0 Å². The van der Waals surface area contributed by atoms with Crippen molar-refractivity contribution in [2.75, 3.05) is 0 Å². The Morgan fingerprint density at radius 1 is 1.67 bits per heavy atom. The molecule has 1 aliphatic rings. The van der Waals surface area contributed by atoms with Crippen molar-refractivity contribution in [3.8, 4) is 0 Å². The molecule has 0 aromatic carbocycles. The number of thiol groups is 1. The zero-order valence-electron chi connectivity index (χ0n) is 3.20. The molecule has 0 spiro atoms. The summed E-state index contributed by atoms with van der Waals surface area (Å²) in [6.45, 7) is 0. The molecule has 0 amide bonds. The second kappa shape index (κ2) is 1.47. The fraction of sp³-hybridized carbons (Fsp3) is 0.250. The van der Waals surface area contributed by atoms with Crippen molar-refractivity contribution in [2.45, 2.75) is 5.37 Å². The predicted octanol–water partition coefficient (Wildman–Crippen LogP) is 0.883. The lowest BCUT2D eigenvalue weighted by Crippen LogP contribution is -1.77. The first-order valence-corrected chi connectivity index (χ1v) is 2.29. The van der Waals surface area contributed by atoms with Crippen molar-refractivity contribution in [1.29, 1.82) is 0 Å². The molecular formula is C4H5NS. The molecule has 0 bridgehead atoms. The minimum absolute atomic E-state index is 0.130. The third kappa shape index (κ3) is 0.627. The molecule has 0 saturated heterocycles. The minimum Gasteiger partial charge on any atom is -0.275 e. The van der Waals surface area contributed by atoms with E-state index < -0.39 is 0 Å². The van der Waals surface area contributed by atoms with Gasteiger partial charge in [0.2, 0.25) is 0 Å². The molecule has 0 fully saturated rings. The lowest BCUT2D eigenvalue weighted by Gasteiger charge is -1.83. The molecule has 1 unspecified atom stereocenters. The second-order valence-corrected chi connectivity index (χ2v) is 1.63. The molecule has 1 aliphatic heterocycles. The van der Waals surface area contributed by atoms with Crippen molar-refractivity contribution in [3.05, 3.63) is 12.2 Å². The molecule has 0 aromatic rings. The van der Waals surface area contributed by atoms with Gasteiger partial charge in [-0.15, -0.1) is 12.6 Å². The highest BCUT2D eigenvalue weighted by Crippen LogP contribution is 2.01. The average molecular weight is 99.2 g/mol. The summed E-state index contributed by atoms with van der Waals surface area (Å²) in [6, 6.07) is 0. The Morgan fingerprint density at radius 2 is 2.50 bits per heavy atom. The summed E-state index contributed by atoms with van der Waals surface area (Å²) in [5.41, 5.74) is 0. The molecule has 1 rings (SSSR count). The molecule has 32 valence electrons. The van der Waals surface area contributed by atoms with Gasteiger partial charge in [-0.25, -0.2) is 0 Å². The maximum atomic E-state index is 4.01. The van der Waals surface area contributed by atoms with E-state index in [4.69, 9.17) is 0 Å². The monoisotopic (exact) mass is 99.0 g/mol. The van der Waals surface area contributed by atoms with Crippen molar-refractivity contribution in [2.24, 2.45) is 4.99 Å². The summed E-state index contributed by atoms with van der Waals surface area (Å²) in [4.78, 5) is 3.86. The molecule has 0 N–H and O–H groups in total. The van der Waals surface area contributed by atoms with Crippen molar-refractivity contribution >= 4 is 18.8 Å². The Hall–Kier alpha value is -0.240. The predicted molar refractivity (Wildman–Crippen MR) is 30.4 cm³/mol. The first-order valence-electron chi connectivity index (χ1n) is 1.77. The van der Waals surface area contributed by atoms with Gasteiger partial charge in [-0.05, 0) is 12.2 Å². The average Bonchev–Trinajstić information content (AvgIpc) is 1.86. The van der Waals surface area contributed by atoms with Crippen LogP contribution in [0.25, 0.3) is 0 Å². The summed E-state index contributed by atoms with van der Waals surface area (Å²) in [6.07, 6.45) is 5.55. The number of aliphatic imine (C=N–C) groups is 1. The highest BCUT2D eigenvalue weighted by atomic mass is 32.1. The molecule has 0 aromatic heterocycles. The van der Waals surface area contributed by atoms with Crippen LogP contribution >= 0.6 is 12.6 Å². The van der Waals surface area contributed by atoms with Gasteiger partial charge in [0.1, 0.15) is 5.37 Å². The van der Waals surface area contributed by atoms with Crippen LogP contribution < -0.4 is 0 Å². The van der Waals surface area contributed by atoms with E-state index in [1.54, 1.807) is 6.21 Å². The van der Waals surface area contributed by atoms with Gasteiger partial charge >= 0.3 is 0 Å². The van der Waals surface area contributed by atoms with Crippen molar-refractivity contribution in [1.82, 2.24) is 0 Å². The van der Waals surface area contributed by atoms with Crippen LogP contribution in [0.1, 0.15) is 0 Å². The number of nitrogens with zero attached hydrogens (tertiary/aromatic N) is 1. The Kier molecular flexibility index (Phi) is 0.965. The molecule has 0 radical (unpaired) electrons. The highest BCUT2D eigenvalue weighted by molar-refractivity contribution is 7.81. The topological polar surface area (TPSA) is 12.4 Å². The summed E-state index contributed by atoms with van der Waals surface area (Å²) in [7, 11) is 0. The second-order valence-electron chi connectivity index (χ2n) is 1.10. The number of rotatable bonds is 0. The van der Waals surface area contributed by atoms with Crippen LogP contribution in [0.4, 0.5) is 0 Å². The summed E-state index contributed by atoms with van der Waals surface area (Å²) < 4.78 is 0. The minimum atomic E-state index is 0.130. The number of allylic oxidation sites excluding steroid dienone is 1. The third-order valence-electron chi connectivity index (χ3n) is 0.608. The highest BCUT2D eigenvalue weighted by Gasteiger charge is 1.91. The van der Waals surface area contributed by atoms with E-state index in [9.17, 15) is 0 Å². The van der Waals surface area contributed by atoms with Crippen molar-refractivity contribution < 1.29 is 0 Å². The van der Waals surface area contributed by atoms with Gasteiger partial charge in [-0.3, -0.25) is 4.99 Å². The fourth-order valence-corrected chi connectivity index (χ4v) is 0.513. The van der Waals surface area contributed by atoms with E-state index in [-0.39, 0.29) is 5.37 Å². The van der Waals surface area contributed by atoms with E-state index in [0.29, 0.717) is 0 Å². The smallest absolute Gasteiger partial charge is 0.111 e. The lowest BCUT2D eigenvalue weighted by molar-refractivity contribution is 1.21. The zero-order valence-corrected chi connectivity index (χ0v) is 4.10. The van der Waals surface area contributed by atoms with Gasteiger partial charge in [0, 0.05) is 6.21 Å². The summed E-state index contributed by atoms with van der Waals surface area (Å²) in [5, 5.41) is 0.130. The van der Waals surface area contributed by atoms with Crippen LogP contribution in [-0.4, -0.2) is 11.6 Å². The van der Waals surface area contributed by atoms with Gasteiger partial charge in [0.05, 0.1) is 0 Å².